The van der Waals surface area contributed by atoms with Gasteiger partial charge in [0.15, 0.2) is 11.5 Å². The Labute approximate surface area is 268 Å². The van der Waals surface area contributed by atoms with Gasteiger partial charge in [0.1, 0.15) is 15.8 Å². The average Bonchev–Trinajstić information content (AvgIpc) is 3.56. The summed E-state index contributed by atoms with van der Waals surface area (Å²) in [5, 5.41) is 4.96. The Balaban J connectivity index is 1.41. The molecule has 2 heterocycles. The predicted octanol–water partition coefficient (Wildman–Crippen LogP) is 7.73. The number of nitrogens with zero attached hydrogens (tertiary/aromatic N) is 3. The maximum absolute atomic E-state index is 13.6. The van der Waals surface area contributed by atoms with Gasteiger partial charge in [0.2, 0.25) is 0 Å². The lowest BCUT2D eigenvalue weighted by Crippen LogP contribution is -2.30. The minimum Gasteiger partial charge on any atom is -0.493 e. The fourth-order valence-electron chi connectivity index (χ4n) is 4.90. The van der Waals surface area contributed by atoms with Crippen molar-refractivity contribution in [2.45, 2.75) is 33.6 Å². The van der Waals surface area contributed by atoms with Crippen molar-refractivity contribution in [3.8, 4) is 34.2 Å². The molecule has 0 unspecified atom stereocenters. The highest BCUT2D eigenvalue weighted by Gasteiger charge is 2.32. The van der Waals surface area contributed by atoms with Crippen LogP contribution < -0.4 is 14.2 Å². The second kappa shape index (κ2) is 14.1. The Morgan fingerprint density at radius 1 is 0.977 bits per heavy atom. The molecule has 3 aromatic carbocycles. The van der Waals surface area contributed by atoms with E-state index in [1.807, 2.05) is 84.5 Å². The first-order valence-electron chi connectivity index (χ1n) is 14.6. The lowest BCUT2D eigenvalue weighted by molar-refractivity contribution is -0.122. The van der Waals surface area contributed by atoms with Crippen LogP contribution in [-0.2, 0) is 11.2 Å². The van der Waals surface area contributed by atoms with Gasteiger partial charge in [-0.25, -0.2) is 4.68 Å². The van der Waals surface area contributed by atoms with Crippen molar-refractivity contribution in [2.24, 2.45) is 5.92 Å². The lowest BCUT2D eigenvalue weighted by Gasteiger charge is -2.15. The van der Waals surface area contributed by atoms with Gasteiger partial charge in [0.05, 0.1) is 31.4 Å². The Bertz CT molecular complexity index is 1680. The van der Waals surface area contributed by atoms with E-state index in [0.717, 1.165) is 45.8 Å². The van der Waals surface area contributed by atoms with Gasteiger partial charge in [-0.3, -0.25) is 9.69 Å². The molecular weight excluding hydrogens is 591 g/mol. The van der Waals surface area contributed by atoms with Crippen LogP contribution in [0.2, 0.25) is 0 Å². The molecule has 0 spiro atoms. The molecule has 9 heteroatoms. The first-order chi connectivity index (χ1) is 21.3. The third kappa shape index (κ3) is 7.17. The molecular formula is C35H37N3O4S2. The van der Waals surface area contributed by atoms with Crippen molar-refractivity contribution in [3.63, 3.8) is 0 Å². The molecule has 7 nitrogen and oxygen atoms in total. The first kappa shape index (κ1) is 31.3. The minimum absolute atomic E-state index is 0.107. The Morgan fingerprint density at radius 2 is 1.73 bits per heavy atom. The number of hydrogen-bond donors (Lipinski definition) is 0. The molecule has 1 amide bonds. The summed E-state index contributed by atoms with van der Waals surface area (Å²) in [7, 11) is 3.22. The zero-order chi connectivity index (χ0) is 31.2. The summed E-state index contributed by atoms with van der Waals surface area (Å²) >= 11 is 6.97. The number of thiocarbonyl (C=S) groups is 1. The van der Waals surface area contributed by atoms with Gasteiger partial charge >= 0.3 is 0 Å². The quantitative estimate of drug-likeness (QED) is 0.118. The third-order valence-electron chi connectivity index (χ3n) is 7.40. The Hall–Kier alpha value is -4.08. The van der Waals surface area contributed by atoms with Crippen LogP contribution in [-0.4, -0.2) is 52.3 Å². The van der Waals surface area contributed by atoms with E-state index in [-0.39, 0.29) is 5.91 Å². The van der Waals surface area contributed by atoms with Crippen LogP contribution in [0, 0.1) is 12.8 Å². The maximum atomic E-state index is 13.6. The van der Waals surface area contributed by atoms with Crippen LogP contribution >= 0.6 is 24.0 Å². The van der Waals surface area contributed by atoms with E-state index in [1.54, 1.807) is 19.1 Å². The molecule has 1 aliphatic heterocycles. The summed E-state index contributed by atoms with van der Waals surface area (Å²) in [6.07, 6.45) is 5.49. The van der Waals surface area contributed by atoms with E-state index >= 15 is 0 Å². The fraction of sp³-hybridized carbons (Fsp3) is 0.286. The molecule has 44 heavy (non-hydrogen) atoms. The molecule has 1 saturated heterocycles. The smallest absolute Gasteiger partial charge is 0.266 e. The summed E-state index contributed by atoms with van der Waals surface area (Å²) in [6, 6.07) is 21.8. The van der Waals surface area contributed by atoms with Gasteiger partial charge in [-0.15, -0.1) is 0 Å². The number of ether oxygens (including phenoxy) is 3. The first-order valence-corrected chi connectivity index (χ1v) is 15.8. The zero-order valence-corrected chi connectivity index (χ0v) is 27.3. The van der Waals surface area contributed by atoms with Gasteiger partial charge in [-0.05, 0) is 85.4 Å². The van der Waals surface area contributed by atoms with Crippen molar-refractivity contribution in [2.75, 3.05) is 27.4 Å². The fourth-order valence-corrected chi connectivity index (χ4v) is 6.20. The van der Waals surface area contributed by atoms with Crippen molar-refractivity contribution in [1.29, 1.82) is 0 Å². The van der Waals surface area contributed by atoms with Gasteiger partial charge in [0, 0.05) is 23.9 Å². The molecule has 0 radical (unpaired) electrons. The number of hydrogen-bond acceptors (Lipinski definition) is 7. The number of rotatable bonds is 12. The summed E-state index contributed by atoms with van der Waals surface area (Å²) in [5.41, 5.74) is 5.56. The predicted molar refractivity (Wildman–Crippen MR) is 182 cm³/mol. The van der Waals surface area contributed by atoms with E-state index in [1.165, 1.54) is 11.8 Å². The molecule has 0 atom stereocenters. The molecule has 1 aliphatic rings. The molecule has 0 bridgehead atoms. The van der Waals surface area contributed by atoms with Gasteiger partial charge < -0.3 is 14.2 Å². The minimum atomic E-state index is -0.107. The highest BCUT2D eigenvalue weighted by atomic mass is 32.2. The number of aryl methyl sites for hydroxylation is 1. The molecule has 4 aromatic rings. The van der Waals surface area contributed by atoms with Crippen LogP contribution in [0.25, 0.3) is 23.0 Å². The van der Waals surface area contributed by atoms with Crippen LogP contribution in [0.3, 0.4) is 0 Å². The van der Waals surface area contributed by atoms with Crippen molar-refractivity contribution >= 4 is 40.3 Å². The molecule has 1 fully saturated rings. The zero-order valence-electron chi connectivity index (χ0n) is 25.7. The second-order valence-electron chi connectivity index (χ2n) is 11.0. The van der Waals surface area contributed by atoms with E-state index in [0.29, 0.717) is 46.2 Å². The molecule has 228 valence electrons. The Kier molecular flexibility index (Phi) is 10.1. The van der Waals surface area contributed by atoms with Gasteiger partial charge in [-0.1, -0.05) is 62.1 Å². The molecule has 0 N–H and O–H groups in total. The van der Waals surface area contributed by atoms with E-state index in [9.17, 15) is 4.79 Å². The standard InChI is InChI=1S/C35H37N3O4S2/c1-23(2)16-18-42-29-14-12-26(19-24(29)3)33-27(22-38(36-33)28-9-7-6-8-10-28)21-32-34(39)37(35(43)44-32)17-15-25-11-13-30(40-4)31(20-25)41-5/h6-14,19-23H,15-18H2,1-5H3. The number of benzene rings is 3. The highest BCUT2D eigenvalue weighted by molar-refractivity contribution is 8.26. The monoisotopic (exact) mass is 627 g/mol. The van der Waals surface area contributed by atoms with E-state index in [4.69, 9.17) is 31.5 Å². The van der Waals surface area contributed by atoms with Crippen molar-refractivity contribution < 1.29 is 19.0 Å². The molecule has 0 saturated carbocycles. The Morgan fingerprint density at radius 3 is 2.43 bits per heavy atom. The van der Waals surface area contributed by atoms with E-state index in [2.05, 4.69) is 19.9 Å². The number of para-hydroxylation sites is 1. The summed E-state index contributed by atoms with van der Waals surface area (Å²) in [6.45, 7) is 7.57. The average molecular weight is 628 g/mol. The highest BCUT2D eigenvalue weighted by Crippen LogP contribution is 2.36. The van der Waals surface area contributed by atoms with Crippen molar-refractivity contribution in [3.05, 3.63) is 94.5 Å². The number of carbonyl (C=O) groups excluding carboxylic acids is 1. The third-order valence-corrected chi connectivity index (χ3v) is 8.77. The van der Waals surface area contributed by atoms with Gasteiger partial charge in [0.25, 0.3) is 5.91 Å². The number of amides is 1. The normalized spacial score (nSPS) is 14.1. The van der Waals surface area contributed by atoms with Crippen LogP contribution in [0.4, 0.5) is 0 Å². The summed E-state index contributed by atoms with van der Waals surface area (Å²) in [5.74, 6) is 2.67. The van der Waals surface area contributed by atoms with Crippen LogP contribution in [0.15, 0.2) is 77.8 Å². The second-order valence-corrected chi connectivity index (χ2v) is 12.7. The number of methoxy groups -OCH3 is 2. The number of thioether (sulfide) groups is 1. The largest absolute Gasteiger partial charge is 0.493 e. The van der Waals surface area contributed by atoms with E-state index < -0.39 is 0 Å². The summed E-state index contributed by atoms with van der Waals surface area (Å²) in [4.78, 5) is 15.8. The van der Waals surface area contributed by atoms with Crippen LogP contribution in [0.1, 0.15) is 37.0 Å². The summed E-state index contributed by atoms with van der Waals surface area (Å²) < 4.78 is 19.2. The van der Waals surface area contributed by atoms with Crippen LogP contribution in [0.5, 0.6) is 17.2 Å². The van der Waals surface area contributed by atoms with Gasteiger partial charge in [-0.2, -0.15) is 5.10 Å². The maximum Gasteiger partial charge on any atom is 0.266 e. The SMILES string of the molecule is COc1ccc(CCN2C(=O)C(=Cc3cn(-c4ccccc4)nc3-c3ccc(OCCC(C)C)c(C)c3)SC2=S)cc1OC. The number of aromatic nitrogens is 2. The number of carbonyl (C=O) groups is 1. The molecule has 0 aliphatic carbocycles. The van der Waals surface area contributed by atoms with Crippen molar-refractivity contribution in [1.82, 2.24) is 14.7 Å². The molecule has 1 aromatic heterocycles. The molecule has 5 rings (SSSR count). The lowest BCUT2D eigenvalue weighted by atomic mass is 10.0. The topological polar surface area (TPSA) is 65.8 Å².